The van der Waals surface area contributed by atoms with Crippen LogP contribution in [0.15, 0.2) is 18.3 Å². The van der Waals surface area contributed by atoms with Gasteiger partial charge in [0.05, 0.1) is 6.04 Å². The van der Waals surface area contributed by atoms with E-state index in [0.717, 1.165) is 24.5 Å². The average molecular weight is 309 g/mol. The third-order valence-corrected chi connectivity index (χ3v) is 5.90. The van der Waals surface area contributed by atoms with E-state index < -0.39 is 11.4 Å². The number of pyridine rings is 1. The molecule has 4 nitrogen and oxygen atoms in total. The molecule has 0 bridgehead atoms. The highest BCUT2D eigenvalue weighted by Crippen LogP contribution is 2.28. The van der Waals surface area contributed by atoms with Crippen LogP contribution < -0.4 is 4.90 Å². The van der Waals surface area contributed by atoms with Gasteiger partial charge in [-0.05, 0) is 52.2 Å². The minimum Gasteiger partial charge on any atom is -0.597 e. The Balaban J connectivity index is 2.07. The highest BCUT2D eigenvalue weighted by atomic mass is 32.2. The van der Waals surface area contributed by atoms with Crippen LogP contribution in [0.5, 0.6) is 0 Å². The second kappa shape index (κ2) is 6.55. The number of hydrogen-bond donors (Lipinski definition) is 0. The van der Waals surface area contributed by atoms with Crippen LogP contribution in [0.1, 0.15) is 52.1 Å². The van der Waals surface area contributed by atoms with Crippen molar-refractivity contribution < 1.29 is 4.55 Å². The summed E-state index contributed by atoms with van der Waals surface area (Å²) in [5, 5.41) is 0. The Morgan fingerprint density at radius 2 is 1.90 bits per heavy atom. The van der Waals surface area contributed by atoms with Crippen molar-refractivity contribution in [3.8, 4) is 0 Å². The molecular weight excluding hydrogens is 282 g/mol. The molecule has 5 heteroatoms. The van der Waals surface area contributed by atoms with Crippen LogP contribution in [-0.4, -0.2) is 38.7 Å². The molecule has 21 heavy (non-hydrogen) atoms. The smallest absolute Gasteiger partial charge is 0.137 e. The van der Waals surface area contributed by atoms with Crippen molar-refractivity contribution in [1.82, 2.24) is 9.29 Å². The van der Waals surface area contributed by atoms with E-state index in [2.05, 4.69) is 28.9 Å². The Kier molecular flexibility index (Phi) is 5.17. The van der Waals surface area contributed by atoms with Crippen LogP contribution in [0.2, 0.25) is 0 Å². The van der Waals surface area contributed by atoms with Gasteiger partial charge in [-0.1, -0.05) is 6.07 Å². The van der Waals surface area contributed by atoms with E-state index in [1.54, 1.807) is 0 Å². The van der Waals surface area contributed by atoms with Crippen molar-refractivity contribution in [3.63, 3.8) is 0 Å². The van der Waals surface area contributed by atoms with Crippen LogP contribution in [0.25, 0.3) is 0 Å². The monoisotopic (exact) mass is 309 g/mol. The predicted octanol–water partition coefficient (Wildman–Crippen LogP) is 3.14. The minimum absolute atomic E-state index is 0.0881. The van der Waals surface area contributed by atoms with Crippen LogP contribution in [0.4, 0.5) is 5.82 Å². The first-order valence-electron chi connectivity index (χ1n) is 7.66. The number of nitrogens with zero attached hydrogens (tertiary/aromatic N) is 3. The molecule has 2 atom stereocenters. The van der Waals surface area contributed by atoms with E-state index in [9.17, 15) is 4.55 Å². The molecule has 1 saturated heterocycles. The quantitative estimate of drug-likeness (QED) is 0.801. The Bertz CT molecular complexity index is 452. The summed E-state index contributed by atoms with van der Waals surface area (Å²) in [6, 6.07) is 4.29. The SMILES string of the molecule is CC(c1ccc(N2CCCC2)nc1)N(C)[S+]([O-])C(C)(C)C. The molecule has 0 spiro atoms. The second-order valence-corrected chi connectivity index (χ2v) is 9.03. The lowest BCUT2D eigenvalue weighted by Crippen LogP contribution is -2.41. The first-order valence-corrected chi connectivity index (χ1v) is 8.77. The van der Waals surface area contributed by atoms with Crippen molar-refractivity contribution in [3.05, 3.63) is 23.9 Å². The van der Waals surface area contributed by atoms with E-state index in [4.69, 9.17) is 0 Å². The lowest BCUT2D eigenvalue weighted by atomic mass is 10.1. The van der Waals surface area contributed by atoms with Crippen molar-refractivity contribution in [2.75, 3.05) is 25.0 Å². The fraction of sp³-hybridized carbons (Fsp3) is 0.688. The third-order valence-electron chi connectivity index (χ3n) is 4.01. The van der Waals surface area contributed by atoms with Gasteiger partial charge >= 0.3 is 0 Å². The van der Waals surface area contributed by atoms with Gasteiger partial charge in [0.25, 0.3) is 0 Å². The fourth-order valence-corrected chi connectivity index (χ4v) is 3.84. The van der Waals surface area contributed by atoms with Gasteiger partial charge in [-0.25, -0.2) is 4.98 Å². The minimum atomic E-state index is -1.02. The van der Waals surface area contributed by atoms with Crippen LogP contribution in [0.3, 0.4) is 0 Å². The molecule has 2 heterocycles. The molecule has 0 N–H and O–H groups in total. The predicted molar refractivity (Wildman–Crippen MR) is 89.8 cm³/mol. The zero-order valence-electron chi connectivity index (χ0n) is 13.8. The van der Waals surface area contributed by atoms with Crippen LogP contribution in [0, 0.1) is 0 Å². The number of hydrogen-bond acceptors (Lipinski definition) is 4. The van der Waals surface area contributed by atoms with Crippen molar-refractivity contribution in [2.45, 2.75) is 51.3 Å². The van der Waals surface area contributed by atoms with E-state index in [1.807, 2.05) is 38.3 Å². The van der Waals surface area contributed by atoms with Gasteiger partial charge in [-0.2, -0.15) is 0 Å². The summed E-state index contributed by atoms with van der Waals surface area (Å²) in [5.74, 6) is 1.06. The molecule has 0 saturated carbocycles. The van der Waals surface area contributed by atoms with E-state index in [1.165, 1.54) is 12.8 Å². The van der Waals surface area contributed by atoms with Gasteiger partial charge in [0.1, 0.15) is 10.6 Å². The molecule has 0 radical (unpaired) electrons. The summed E-state index contributed by atoms with van der Waals surface area (Å²) in [5.41, 5.74) is 1.11. The summed E-state index contributed by atoms with van der Waals surface area (Å²) in [6.45, 7) is 10.3. The maximum atomic E-state index is 12.5. The fourth-order valence-electron chi connectivity index (χ4n) is 2.56. The van der Waals surface area contributed by atoms with Gasteiger partial charge in [0.15, 0.2) is 0 Å². The van der Waals surface area contributed by atoms with E-state index >= 15 is 0 Å². The molecule has 118 valence electrons. The normalized spacial score (nSPS) is 19.1. The number of anilines is 1. The molecule has 1 fully saturated rings. The lowest BCUT2D eigenvalue weighted by molar-refractivity contribution is 0.382. The van der Waals surface area contributed by atoms with Crippen LogP contribution >= 0.6 is 0 Å². The summed E-state index contributed by atoms with van der Waals surface area (Å²) >= 11 is -1.02. The summed E-state index contributed by atoms with van der Waals surface area (Å²) in [7, 11) is 1.92. The Labute approximate surface area is 131 Å². The standard InChI is InChI=1S/C16H27N3OS/c1-13(18(5)21(20)16(2,3)4)14-8-9-15(17-12-14)19-10-6-7-11-19/h8-9,12-13H,6-7,10-11H2,1-5H3. The Morgan fingerprint density at radius 3 is 2.38 bits per heavy atom. The second-order valence-electron chi connectivity index (χ2n) is 6.73. The summed E-state index contributed by atoms with van der Waals surface area (Å²) < 4.78 is 14.1. The van der Waals surface area contributed by atoms with Crippen molar-refractivity contribution in [2.24, 2.45) is 0 Å². The van der Waals surface area contributed by atoms with Gasteiger partial charge in [-0.3, -0.25) is 0 Å². The highest BCUT2D eigenvalue weighted by molar-refractivity contribution is 7.90. The zero-order chi connectivity index (χ0) is 15.6. The first kappa shape index (κ1) is 16.6. The first-order chi connectivity index (χ1) is 9.80. The molecule has 0 aromatic carbocycles. The number of rotatable bonds is 4. The van der Waals surface area contributed by atoms with Gasteiger partial charge in [0, 0.05) is 37.7 Å². The number of aromatic nitrogens is 1. The molecule has 1 aromatic rings. The topological polar surface area (TPSA) is 42.4 Å². The molecular formula is C16H27N3OS. The molecule has 1 aliphatic rings. The molecule has 0 amide bonds. The van der Waals surface area contributed by atoms with Gasteiger partial charge < -0.3 is 9.45 Å². The molecule has 2 rings (SSSR count). The molecule has 2 unspecified atom stereocenters. The summed E-state index contributed by atoms with van der Waals surface area (Å²) in [4.78, 5) is 6.91. The van der Waals surface area contributed by atoms with Crippen molar-refractivity contribution in [1.29, 1.82) is 0 Å². The Morgan fingerprint density at radius 1 is 1.29 bits per heavy atom. The van der Waals surface area contributed by atoms with Crippen LogP contribution in [-0.2, 0) is 11.4 Å². The zero-order valence-corrected chi connectivity index (χ0v) is 14.6. The average Bonchev–Trinajstić information content (AvgIpc) is 2.98. The molecule has 1 aliphatic heterocycles. The maximum Gasteiger partial charge on any atom is 0.137 e. The Hall–Kier alpha value is -0.780. The van der Waals surface area contributed by atoms with E-state index in [0.29, 0.717) is 0 Å². The highest BCUT2D eigenvalue weighted by Gasteiger charge is 2.34. The van der Waals surface area contributed by atoms with Crippen molar-refractivity contribution >= 4 is 17.2 Å². The molecule has 0 aliphatic carbocycles. The summed E-state index contributed by atoms with van der Waals surface area (Å²) in [6.07, 6.45) is 4.44. The lowest BCUT2D eigenvalue weighted by Gasteiger charge is -2.33. The van der Waals surface area contributed by atoms with E-state index in [-0.39, 0.29) is 10.8 Å². The van der Waals surface area contributed by atoms with Gasteiger partial charge in [0.2, 0.25) is 0 Å². The largest absolute Gasteiger partial charge is 0.597 e. The molecule has 1 aromatic heterocycles. The maximum absolute atomic E-state index is 12.5. The third kappa shape index (κ3) is 3.90. The van der Waals surface area contributed by atoms with Gasteiger partial charge in [-0.15, -0.1) is 4.31 Å².